The first kappa shape index (κ1) is 22.8. The van der Waals surface area contributed by atoms with Crippen molar-refractivity contribution in [3.63, 3.8) is 0 Å². The highest BCUT2D eigenvalue weighted by Gasteiger charge is 2.36. The third kappa shape index (κ3) is 4.72. The Balaban J connectivity index is 1.47. The number of anilines is 1. The van der Waals surface area contributed by atoms with Crippen molar-refractivity contribution in [2.45, 2.75) is 29.4 Å². The molecule has 1 aromatic heterocycles. The van der Waals surface area contributed by atoms with Crippen LogP contribution < -0.4 is 4.90 Å². The second-order valence-corrected chi connectivity index (χ2v) is 12.0. The molecule has 3 aromatic rings. The van der Waals surface area contributed by atoms with E-state index in [0.717, 1.165) is 23.3 Å². The van der Waals surface area contributed by atoms with Crippen molar-refractivity contribution in [3.8, 4) is 0 Å². The molecule has 2 heterocycles. The van der Waals surface area contributed by atoms with Gasteiger partial charge in [-0.05, 0) is 56.3 Å². The first-order valence-electron chi connectivity index (χ1n) is 9.57. The summed E-state index contributed by atoms with van der Waals surface area (Å²) in [6, 6.07) is 11.0. The highest BCUT2D eigenvalue weighted by atomic mass is 79.9. The normalized spacial score (nSPS) is 15.4. The minimum atomic E-state index is -4.05. The summed E-state index contributed by atoms with van der Waals surface area (Å²) in [5, 5.41) is 2.08. The predicted molar refractivity (Wildman–Crippen MR) is 126 cm³/mol. The molecule has 1 saturated heterocycles. The molecule has 1 aliphatic rings. The Hall–Kier alpha value is -1.36. The van der Waals surface area contributed by atoms with Crippen LogP contribution in [-0.2, 0) is 16.3 Å². The maximum atomic E-state index is 14.6. The third-order valence-corrected chi connectivity index (χ3v) is 10.1. The molecule has 4 nitrogen and oxygen atoms in total. The Bertz CT molecular complexity index is 1170. The average molecular weight is 592 g/mol. The third-order valence-electron chi connectivity index (χ3n) is 5.28. The standard InChI is InChI=1S/C21H18Br2F2N2O2S2/c22-16-11-17(24)18(23)20(19(16)25)31(28,29)15-6-8-27(9-7-15)21-26-14(12-30-21)10-13-4-2-1-3-5-13/h1-5,11-12,15H,6-10H2. The molecule has 0 bridgehead atoms. The number of sulfone groups is 1. The number of halogens is 4. The molecule has 2 aromatic carbocycles. The van der Waals surface area contributed by atoms with E-state index in [9.17, 15) is 17.2 Å². The quantitative estimate of drug-likeness (QED) is 0.343. The predicted octanol–water partition coefficient (Wildman–Crippen LogP) is 5.98. The van der Waals surface area contributed by atoms with E-state index in [-0.39, 0.29) is 8.95 Å². The molecule has 0 unspecified atom stereocenters. The van der Waals surface area contributed by atoms with Crippen molar-refractivity contribution in [1.29, 1.82) is 0 Å². The van der Waals surface area contributed by atoms with Crippen LogP contribution in [0.5, 0.6) is 0 Å². The van der Waals surface area contributed by atoms with Crippen LogP contribution in [0.1, 0.15) is 24.1 Å². The minimum Gasteiger partial charge on any atom is -0.348 e. The summed E-state index contributed by atoms with van der Waals surface area (Å²) < 4.78 is 54.2. The molecule has 164 valence electrons. The van der Waals surface area contributed by atoms with Gasteiger partial charge in [0, 0.05) is 24.9 Å². The van der Waals surface area contributed by atoms with Gasteiger partial charge in [0.25, 0.3) is 0 Å². The van der Waals surface area contributed by atoms with E-state index in [2.05, 4.69) is 48.9 Å². The molecule has 1 aliphatic heterocycles. The Morgan fingerprint density at radius 1 is 1.13 bits per heavy atom. The van der Waals surface area contributed by atoms with Gasteiger partial charge in [-0.3, -0.25) is 0 Å². The molecule has 0 N–H and O–H groups in total. The van der Waals surface area contributed by atoms with E-state index in [0.29, 0.717) is 25.9 Å². The first-order valence-corrected chi connectivity index (χ1v) is 13.6. The van der Waals surface area contributed by atoms with Gasteiger partial charge < -0.3 is 4.90 Å². The lowest BCUT2D eigenvalue weighted by molar-refractivity contribution is 0.512. The zero-order valence-electron chi connectivity index (χ0n) is 16.2. The zero-order chi connectivity index (χ0) is 22.2. The van der Waals surface area contributed by atoms with Crippen molar-refractivity contribution in [2.75, 3.05) is 18.0 Å². The lowest BCUT2D eigenvalue weighted by Crippen LogP contribution is -2.39. The average Bonchev–Trinajstić information content (AvgIpc) is 3.21. The maximum Gasteiger partial charge on any atom is 0.185 e. The van der Waals surface area contributed by atoms with Crippen LogP contribution in [0.3, 0.4) is 0 Å². The van der Waals surface area contributed by atoms with Crippen molar-refractivity contribution in [1.82, 2.24) is 4.98 Å². The second kappa shape index (κ2) is 9.25. The highest BCUT2D eigenvalue weighted by Crippen LogP contribution is 2.37. The second-order valence-electron chi connectivity index (χ2n) is 7.31. The minimum absolute atomic E-state index is 0.210. The summed E-state index contributed by atoms with van der Waals surface area (Å²) in [5.74, 6) is -1.79. The topological polar surface area (TPSA) is 50.3 Å². The van der Waals surface area contributed by atoms with E-state index in [1.807, 2.05) is 23.6 Å². The van der Waals surface area contributed by atoms with E-state index in [1.54, 1.807) is 0 Å². The number of thiazole rings is 1. The van der Waals surface area contributed by atoms with Gasteiger partial charge in [0.05, 0.1) is 19.9 Å². The van der Waals surface area contributed by atoms with E-state index >= 15 is 0 Å². The van der Waals surface area contributed by atoms with Crippen molar-refractivity contribution in [2.24, 2.45) is 0 Å². The molecule has 0 saturated carbocycles. The summed E-state index contributed by atoms with van der Waals surface area (Å²) in [6.45, 7) is 0.968. The molecule has 4 rings (SSSR count). The van der Waals surface area contributed by atoms with Crippen molar-refractivity contribution in [3.05, 3.63) is 73.6 Å². The van der Waals surface area contributed by atoms with Gasteiger partial charge in [0.1, 0.15) is 10.7 Å². The van der Waals surface area contributed by atoms with Crippen molar-refractivity contribution < 1.29 is 17.2 Å². The number of hydrogen-bond donors (Lipinski definition) is 0. The SMILES string of the molecule is O=S(=O)(c1c(F)c(Br)cc(F)c1Br)C1CCN(c2nc(Cc3ccccc3)cs2)CC1. The zero-order valence-corrected chi connectivity index (χ0v) is 21.0. The number of hydrogen-bond acceptors (Lipinski definition) is 5. The van der Waals surface area contributed by atoms with Gasteiger partial charge in [-0.1, -0.05) is 30.3 Å². The lowest BCUT2D eigenvalue weighted by Gasteiger charge is -2.31. The van der Waals surface area contributed by atoms with Crippen LogP contribution in [0, 0.1) is 11.6 Å². The molecular weight excluding hydrogens is 574 g/mol. The largest absolute Gasteiger partial charge is 0.348 e. The molecule has 0 spiro atoms. The number of rotatable bonds is 5. The van der Waals surface area contributed by atoms with Gasteiger partial charge in [0.2, 0.25) is 0 Å². The van der Waals surface area contributed by atoms with Crippen LogP contribution in [0.25, 0.3) is 0 Å². The molecular formula is C21H18Br2F2N2O2S2. The Morgan fingerprint density at radius 2 is 1.81 bits per heavy atom. The van der Waals surface area contributed by atoms with Crippen molar-refractivity contribution >= 4 is 58.2 Å². The fourth-order valence-electron chi connectivity index (χ4n) is 3.65. The summed E-state index contributed by atoms with van der Waals surface area (Å²) in [7, 11) is -4.05. The van der Waals surface area contributed by atoms with Crippen LogP contribution in [0.15, 0.2) is 55.6 Å². The summed E-state index contributed by atoms with van der Waals surface area (Å²) in [4.78, 5) is 6.14. The molecule has 0 radical (unpaired) electrons. The van der Waals surface area contributed by atoms with Gasteiger partial charge in [0.15, 0.2) is 20.8 Å². The van der Waals surface area contributed by atoms with E-state index < -0.39 is 31.6 Å². The van der Waals surface area contributed by atoms with Crippen LogP contribution in [0.4, 0.5) is 13.9 Å². The van der Waals surface area contributed by atoms with Crippen LogP contribution in [0.2, 0.25) is 0 Å². The smallest absolute Gasteiger partial charge is 0.185 e. The molecule has 1 fully saturated rings. The fourth-order valence-corrected chi connectivity index (χ4v) is 7.90. The number of piperidine rings is 1. The van der Waals surface area contributed by atoms with Crippen LogP contribution in [-0.4, -0.2) is 31.7 Å². The molecule has 0 atom stereocenters. The molecule has 0 aliphatic carbocycles. The molecule has 10 heteroatoms. The lowest BCUT2D eigenvalue weighted by atomic mass is 10.1. The monoisotopic (exact) mass is 590 g/mol. The Labute approximate surface area is 200 Å². The van der Waals surface area contributed by atoms with E-state index in [1.165, 1.54) is 16.9 Å². The number of benzene rings is 2. The van der Waals surface area contributed by atoms with Crippen LogP contribution >= 0.6 is 43.2 Å². The maximum absolute atomic E-state index is 14.6. The van der Waals surface area contributed by atoms with Gasteiger partial charge in [-0.2, -0.15) is 0 Å². The van der Waals surface area contributed by atoms with Gasteiger partial charge in [-0.25, -0.2) is 22.2 Å². The van der Waals surface area contributed by atoms with Gasteiger partial charge >= 0.3 is 0 Å². The van der Waals surface area contributed by atoms with Gasteiger partial charge in [-0.15, -0.1) is 11.3 Å². The number of aromatic nitrogens is 1. The van der Waals surface area contributed by atoms with E-state index in [4.69, 9.17) is 4.98 Å². The Kier molecular flexibility index (Phi) is 6.81. The first-order chi connectivity index (χ1) is 14.8. The fraction of sp³-hybridized carbons (Fsp3) is 0.286. The molecule has 31 heavy (non-hydrogen) atoms. The Morgan fingerprint density at radius 3 is 2.48 bits per heavy atom. The summed E-state index contributed by atoms with van der Waals surface area (Å²) >= 11 is 7.34. The summed E-state index contributed by atoms with van der Waals surface area (Å²) in [6.07, 6.45) is 1.37. The number of nitrogens with zero attached hydrogens (tertiary/aromatic N) is 2. The molecule has 0 amide bonds. The summed E-state index contributed by atoms with van der Waals surface area (Å²) in [5.41, 5.74) is 2.15. The highest BCUT2D eigenvalue weighted by molar-refractivity contribution is 9.11.